The normalized spacial score (nSPS) is 12.9. The second-order valence-corrected chi connectivity index (χ2v) is 2.07. The van der Waals surface area contributed by atoms with E-state index in [-0.39, 0.29) is 12.4 Å². The lowest BCUT2D eigenvalue weighted by Crippen LogP contribution is -2.36. The molecule has 13 heavy (non-hydrogen) atoms. The van der Waals surface area contributed by atoms with Crippen molar-refractivity contribution in [3.05, 3.63) is 0 Å². The zero-order valence-corrected chi connectivity index (χ0v) is 6.98. The Labute approximate surface area is 77.3 Å². The van der Waals surface area contributed by atoms with Gasteiger partial charge in [-0.15, -0.1) is 12.4 Å². The highest BCUT2D eigenvalue weighted by atomic mass is 35.5. The topological polar surface area (TPSA) is 80.4 Å². The molecule has 8 heteroatoms. The lowest BCUT2D eigenvalue weighted by atomic mass is 10.1. The number of hydrogen-bond donors (Lipinski definition) is 2. The monoisotopic (exact) mass is 221 g/mol. The summed E-state index contributed by atoms with van der Waals surface area (Å²) in [6, 6.07) is -1.79. The molecule has 78 valence electrons. The van der Waals surface area contributed by atoms with Gasteiger partial charge < -0.3 is 10.8 Å². The van der Waals surface area contributed by atoms with Gasteiger partial charge in [0, 0.05) is 6.42 Å². The van der Waals surface area contributed by atoms with Gasteiger partial charge in [0.1, 0.15) is 6.04 Å². The van der Waals surface area contributed by atoms with Crippen LogP contribution >= 0.6 is 12.4 Å². The first-order chi connectivity index (χ1) is 5.25. The number of aliphatic carboxylic acids is 1. The van der Waals surface area contributed by atoms with Crippen LogP contribution < -0.4 is 5.73 Å². The van der Waals surface area contributed by atoms with Gasteiger partial charge in [0.25, 0.3) is 0 Å². The first-order valence-electron chi connectivity index (χ1n) is 2.83. The number of nitrogens with two attached hydrogens (primary N) is 1. The molecule has 0 aliphatic heterocycles. The van der Waals surface area contributed by atoms with Crippen molar-refractivity contribution in [3.63, 3.8) is 0 Å². The molecule has 0 bridgehead atoms. The molecule has 0 aromatic heterocycles. The molecule has 0 aliphatic carbocycles. The van der Waals surface area contributed by atoms with Crippen LogP contribution in [0.3, 0.4) is 0 Å². The minimum Gasteiger partial charge on any atom is -0.480 e. The molecule has 0 saturated carbocycles. The molecule has 0 saturated heterocycles. The van der Waals surface area contributed by atoms with Crippen molar-refractivity contribution in [1.29, 1.82) is 0 Å². The molecule has 4 nitrogen and oxygen atoms in total. The van der Waals surface area contributed by atoms with Crippen LogP contribution in [0.2, 0.25) is 0 Å². The third kappa shape index (κ3) is 5.42. The summed E-state index contributed by atoms with van der Waals surface area (Å²) < 4.78 is 34.4. The largest absolute Gasteiger partial charge is 0.480 e. The van der Waals surface area contributed by atoms with Gasteiger partial charge in [-0.2, -0.15) is 13.2 Å². The molecule has 3 N–H and O–H groups in total. The molecule has 0 rings (SSSR count). The van der Waals surface area contributed by atoms with E-state index in [1.807, 2.05) is 0 Å². The minimum atomic E-state index is -5.01. The summed E-state index contributed by atoms with van der Waals surface area (Å²) in [4.78, 5) is 20.0. The minimum absolute atomic E-state index is 0. The number of alkyl halides is 3. The first kappa shape index (κ1) is 14.7. The lowest BCUT2D eigenvalue weighted by molar-refractivity contribution is -0.172. The Kier molecular flexibility index (Phi) is 5.68. The number of halogens is 4. The second kappa shape index (κ2) is 5.03. The molecule has 0 aromatic carbocycles. The highest BCUT2D eigenvalue weighted by molar-refractivity contribution is 5.89. The second-order valence-electron chi connectivity index (χ2n) is 2.07. The zero-order valence-electron chi connectivity index (χ0n) is 6.17. The number of carbonyl (C=O) groups is 2. The average Bonchev–Trinajstić information content (AvgIpc) is 1.85. The Bertz CT molecular complexity index is 206. The predicted octanol–water partition coefficient (Wildman–Crippen LogP) is 0.342. The first-order valence-corrected chi connectivity index (χ1v) is 2.83. The third-order valence-electron chi connectivity index (χ3n) is 1.04. The fraction of sp³-hybridized carbons (Fsp3) is 0.600. The van der Waals surface area contributed by atoms with Crippen molar-refractivity contribution in [2.75, 3.05) is 0 Å². The summed E-state index contributed by atoms with van der Waals surface area (Å²) in [5.41, 5.74) is 4.69. The molecule has 1 unspecified atom stereocenters. The molecule has 0 heterocycles. The predicted molar refractivity (Wildman–Crippen MR) is 38.5 cm³/mol. The van der Waals surface area contributed by atoms with E-state index in [4.69, 9.17) is 10.8 Å². The number of rotatable bonds is 3. The van der Waals surface area contributed by atoms with Gasteiger partial charge in [0.2, 0.25) is 5.78 Å². The molecule has 0 amide bonds. The number of carboxylic acid groups (broad SMARTS) is 1. The number of ketones is 1. The van der Waals surface area contributed by atoms with Crippen molar-refractivity contribution in [2.45, 2.75) is 18.6 Å². The zero-order chi connectivity index (χ0) is 9.94. The fourth-order valence-corrected chi connectivity index (χ4v) is 0.403. The van der Waals surface area contributed by atoms with Gasteiger partial charge in [0.05, 0.1) is 0 Å². The number of Topliss-reactive ketones (excluding diaryl/α,β-unsaturated/α-hetero) is 1. The van der Waals surface area contributed by atoms with Crippen molar-refractivity contribution >= 4 is 24.2 Å². The Morgan fingerprint density at radius 3 is 2.00 bits per heavy atom. The van der Waals surface area contributed by atoms with Gasteiger partial charge in [-0.05, 0) is 0 Å². The lowest BCUT2D eigenvalue weighted by Gasteiger charge is -2.07. The molecule has 0 spiro atoms. The van der Waals surface area contributed by atoms with Crippen LogP contribution in [0.4, 0.5) is 13.2 Å². The van der Waals surface area contributed by atoms with Gasteiger partial charge in [0.15, 0.2) is 0 Å². The maximum absolute atomic E-state index is 11.5. The molecular formula is C5H7ClF3NO3. The van der Waals surface area contributed by atoms with E-state index < -0.39 is 30.4 Å². The van der Waals surface area contributed by atoms with E-state index in [2.05, 4.69) is 0 Å². The van der Waals surface area contributed by atoms with Gasteiger partial charge in [-0.25, -0.2) is 0 Å². The molecule has 0 aliphatic rings. The van der Waals surface area contributed by atoms with Crippen LogP contribution in [0.5, 0.6) is 0 Å². The fourth-order valence-electron chi connectivity index (χ4n) is 0.403. The van der Waals surface area contributed by atoms with E-state index in [1.54, 1.807) is 0 Å². The molecule has 0 aromatic rings. The number of hydrogen-bond acceptors (Lipinski definition) is 3. The van der Waals surface area contributed by atoms with Gasteiger partial charge in [-0.3, -0.25) is 9.59 Å². The van der Waals surface area contributed by atoms with Crippen molar-refractivity contribution in [1.82, 2.24) is 0 Å². The standard InChI is InChI=1S/C5H6F3NO3.ClH/c6-5(7,8)3(10)1-2(9)4(11)12;/h2H,1,9H2,(H,11,12);1H. The van der Waals surface area contributed by atoms with Crippen LogP contribution in [0.25, 0.3) is 0 Å². The van der Waals surface area contributed by atoms with Crippen LogP contribution in [0.15, 0.2) is 0 Å². The van der Waals surface area contributed by atoms with E-state index in [9.17, 15) is 22.8 Å². The van der Waals surface area contributed by atoms with Crippen LogP contribution in [0, 0.1) is 0 Å². The summed E-state index contributed by atoms with van der Waals surface area (Å²) in [6.45, 7) is 0. The summed E-state index contributed by atoms with van der Waals surface area (Å²) in [7, 11) is 0. The van der Waals surface area contributed by atoms with E-state index >= 15 is 0 Å². The maximum atomic E-state index is 11.5. The Morgan fingerprint density at radius 2 is 1.77 bits per heavy atom. The van der Waals surface area contributed by atoms with Crippen LogP contribution in [-0.4, -0.2) is 29.1 Å². The van der Waals surface area contributed by atoms with Gasteiger partial charge >= 0.3 is 12.1 Å². The summed E-state index contributed by atoms with van der Waals surface area (Å²) in [5.74, 6) is -3.76. The average molecular weight is 222 g/mol. The van der Waals surface area contributed by atoms with E-state index in [0.717, 1.165) is 0 Å². The Balaban J connectivity index is 0. The maximum Gasteiger partial charge on any atom is 0.450 e. The molecule has 0 radical (unpaired) electrons. The quantitative estimate of drug-likeness (QED) is 0.720. The van der Waals surface area contributed by atoms with E-state index in [0.29, 0.717) is 0 Å². The summed E-state index contributed by atoms with van der Waals surface area (Å²) in [5, 5.41) is 8.05. The van der Waals surface area contributed by atoms with Crippen molar-refractivity contribution < 1.29 is 27.9 Å². The molecule has 0 fully saturated rings. The SMILES string of the molecule is Cl.NC(CC(=O)C(F)(F)F)C(=O)O. The highest BCUT2D eigenvalue weighted by Gasteiger charge is 2.39. The highest BCUT2D eigenvalue weighted by Crippen LogP contribution is 2.18. The van der Waals surface area contributed by atoms with Crippen molar-refractivity contribution in [2.24, 2.45) is 5.73 Å². The number of carboxylic acids is 1. The smallest absolute Gasteiger partial charge is 0.450 e. The van der Waals surface area contributed by atoms with Gasteiger partial charge in [-0.1, -0.05) is 0 Å². The number of carbonyl (C=O) groups excluding carboxylic acids is 1. The summed E-state index contributed by atoms with van der Waals surface area (Å²) >= 11 is 0. The Morgan fingerprint density at radius 1 is 1.38 bits per heavy atom. The molecular weight excluding hydrogens is 215 g/mol. The Hall–Kier alpha value is -0.820. The van der Waals surface area contributed by atoms with Crippen molar-refractivity contribution in [3.8, 4) is 0 Å². The molecule has 1 atom stereocenters. The van der Waals surface area contributed by atoms with Crippen LogP contribution in [0.1, 0.15) is 6.42 Å². The summed E-state index contributed by atoms with van der Waals surface area (Å²) in [6.07, 6.45) is -6.23. The van der Waals surface area contributed by atoms with E-state index in [1.165, 1.54) is 0 Å². The third-order valence-corrected chi connectivity index (χ3v) is 1.04. The van der Waals surface area contributed by atoms with Crippen LogP contribution in [-0.2, 0) is 9.59 Å².